The summed E-state index contributed by atoms with van der Waals surface area (Å²) in [5.74, 6) is -0.241. The number of halogens is 3. The molecular weight excluding hydrogens is 300 g/mol. The molecule has 0 aliphatic rings. The van der Waals surface area contributed by atoms with Gasteiger partial charge in [-0.05, 0) is 30.2 Å². The summed E-state index contributed by atoms with van der Waals surface area (Å²) in [5, 5.41) is 0.944. The van der Waals surface area contributed by atoms with Gasteiger partial charge in [0.1, 0.15) is 0 Å². The fraction of sp³-hybridized carbons (Fsp3) is 0.200. The maximum Gasteiger partial charge on any atom is 0.169 e. The first kappa shape index (κ1) is 15.1. The molecule has 0 saturated heterocycles. The molecule has 0 aliphatic heterocycles. The van der Waals surface area contributed by atoms with Crippen LogP contribution >= 0.6 is 23.2 Å². The molecule has 1 atom stereocenters. The first-order valence-corrected chi connectivity index (χ1v) is 6.80. The minimum Gasteiger partial charge on any atom is -0.494 e. The van der Waals surface area contributed by atoms with E-state index in [0.29, 0.717) is 22.0 Å². The Labute approximate surface area is 127 Å². The van der Waals surface area contributed by atoms with Crippen molar-refractivity contribution in [1.29, 1.82) is 0 Å². The van der Waals surface area contributed by atoms with Crippen molar-refractivity contribution in [2.75, 3.05) is 7.11 Å². The summed E-state index contributed by atoms with van der Waals surface area (Å²) in [7, 11) is 1.42. The number of nitrogens with two attached hydrogens (primary N) is 1. The molecule has 0 aliphatic carbocycles. The summed E-state index contributed by atoms with van der Waals surface area (Å²) in [6, 6.07) is 9.71. The zero-order valence-electron chi connectivity index (χ0n) is 10.9. The van der Waals surface area contributed by atoms with E-state index in [9.17, 15) is 4.39 Å². The first-order chi connectivity index (χ1) is 9.52. The summed E-state index contributed by atoms with van der Waals surface area (Å²) in [6.07, 6.45) is 0.459. The van der Waals surface area contributed by atoms with Gasteiger partial charge in [-0.1, -0.05) is 41.4 Å². The normalized spacial score (nSPS) is 12.2. The van der Waals surface area contributed by atoms with E-state index >= 15 is 0 Å². The fourth-order valence-corrected chi connectivity index (χ4v) is 2.32. The van der Waals surface area contributed by atoms with E-state index in [4.69, 9.17) is 33.7 Å². The Kier molecular flexibility index (Phi) is 4.86. The zero-order chi connectivity index (χ0) is 14.7. The average molecular weight is 314 g/mol. The van der Waals surface area contributed by atoms with Crippen LogP contribution in [0, 0.1) is 5.82 Å². The van der Waals surface area contributed by atoms with Gasteiger partial charge in [0.25, 0.3) is 0 Å². The van der Waals surface area contributed by atoms with Crippen molar-refractivity contribution in [2.24, 2.45) is 5.73 Å². The number of hydrogen-bond acceptors (Lipinski definition) is 2. The molecule has 5 heteroatoms. The van der Waals surface area contributed by atoms with Gasteiger partial charge in [0.05, 0.1) is 17.2 Å². The van der Waals surface area contributed by atoms with Gasteiger partial charge in [-0.15, -0.1) is 0 Å². The monoisotopic (exact) mass is 313 g/mol. The summed E-state index contributed by atoms with van der Waals surface area (Å²) in [5.41, 5.74) is 7.38. The molecule has 1 unspecified atom stereocenters. The Hall–Kier alpha value is -1.29. The Morgan fingerprint density at radius 3 is 2.60 bits per heavy atom. The van der Waals surface area contributed by atoms with Gasteiger partial charge in [-0.2, -0.15) is 0 Å². The van der Waals surface area contributed by atoms with Crippen molar-refractivity contribution in [3.05, 3.63) is 63.4 Å². The van der Waals surface area contributed by atoms with E-state index in [1.165, 1.54) is 7.11 Å². The van der Waals surface area contributed by atoms with Crippen molar-refractivity contribution < 1.29 is 9.13 Å². The molecule has 106 valence electrons. The lowest BCUT2D eigenvalue weighted by molar-refractivity contribution is 0.382. The lowest BCUT2D eigenvalue weighted by Gasteiger charge is -2.15. The highest BCUT2D eigenvalue weighted by Crippen LogP contribution is 2.28. The van der Waals surface area contributed by atoms with Crippen LogP contribution in [0.3, 0.4) is 0 Å². The molecule has 0 fully saturated rings. The second-order valence-electron chi connectivity index (χ2n) is 4.42. The second-order valence-corrected chi connectivity index (χ2v) is 5.24. The highest BCUT2D eigenvalue weighted by Gasteiger charge is 2.15. The Morgan fingerprint density at radius 2 is 1.95 bits per heavy atom. The largest absolute Gasteiger partial charge is 0.494 e. The number of methoxy groups -OCH3 is 1. The lowest BCUT2D eigenvalue weighted by atomic mass is 9.99. The second kappa shape index (κ2) is 6.44. The van der Waals surface area contributed by atoms with Crippen LogP contribution < -0.4 is 10.5 Å². The van der Waals surface area contributed by atoms with Crippen LogP contribution in [0.1, 0.15) is 17.2 Å². The van der Waals surface area contributed by atoms with E-state index in [-0.39, 0.29) is 5.75 Å². The SMILES string of the molecule is COc1cccc(C(N)Cc2ccc(Cl)c(Cl)c2)c1F. The van der Waals surface area contributed by atoms with Gasteiger partial charge < -0.3 is 10.5 Å². The summed E-state index contributed by atoms with van der Waals surface area (Å²) >= 11 is 11.8. The van der Waals surface area contributed by atoms with E-state index < -0.39 is 11.9 Å². The summed E-state index contributed by atoms with van der Waals surface area (Å²) in [4.78, 5) is 0. The Balaban J connectivity index is 2.23. The van der Waals surface area contributed by atoms with Crippen molar-refractivity contribution in [2.45, 2.75) is 12.5 Å². The van der Waals surface area contributed by atoms with E-state index in [2.05, 4.69) is 0 Å². The minimum absolute atomic E-state index is 0.187. The van der Waals surface area contributed by atoms with Gasteiger partial charge >= 0.3 is 0 Å². The predicted molar refractivity (Wildman–Crippen MR) is 80.0 cm³/mol. The maximum absolute atomic E-state index is 14.1. The molecule has 0 heterocycles. The maximum atomic E-state index is 14.1. The highest BCUT2D eigenvalue weighted by molar-refractivity contribution is 6.42. The topological polar surface area (TPSA) is 35.2 Å². The number of benzene rings is 2. The summed E-state index contributed by atoms with van der Waals surface area (Å²) in [6.45, 7) is 0. The molecular formula is C15H14Cl2FNO. The Bertz CT molecular complexity index is 619. The van der Waals surface area contributed by atoms with Gasteiger partial charge in [-0.25, -0.2) is 4.39 Å². The molecule has 0 saturated carbocycles. The molecule has 2 aromatic carbocycles. The van der Waals surface area contributed by atoms with Crippen molar-refractivity contribution in [3.63, 3.8) is 0 Å². The average Bonchev–Trinajstić information content (AvgIpc) is 2.43. The molecule has 20 heavy (non-hydrogen) atoms. The van der Waals surface area contributed by atoms with Crippen LogP contribution in [-0.2, 0) is 6.42 Å². The van der Waals surface area contributed by atoms with Crippen molar-refractivity contribution in [1.82, 2.24) is 0 Å². The third-order valence-corrected chi connectivity index (χ3v) is 3.79. The van der Waals surface area contributed by atoms with Crippen LogP contribution in [0.2, 0.25) is 10.0 Å². The number of rotatable bonds is 4. The number of ether oxygens (including phenoxy) is 1. The van der Waals surface area contributed by atoms with Crippen molar-refractivity contribution in [3.8, 4) is 5.75 Å². The molecule has 2 N–H and O–H groups in total. The van der Waals surface area contributed by atoms with E-state index in [0.717, 1.165) is 5.56 Å². The van der Waals surface area contributed by atoms with Gasteiger partial charge in [0.15, 0.2) is 11.6 Å². The van der Waals surface area contributed by atoms with E-state index in [1.807, 2.05) is 6.07 Å². The van der Waals surface area contributed by atoms with Crippen LogP contribution in [0.25, 0.3) is 0 Å². The third-order valence-electron chi connectivity index (χ3n) is 3.05. The highest BCUT2D eigenvalue weighted by atomic mass is 35.5. The summed E-state index contributed by atoms with van der Waals surface area (Å²) < 4.78 is 19.1. The quantitative estimate of drug-likeness (QED) is 0.909. The minimum atomic E-state index is -0.484. The standard InChI is InChI=1S/C15H14Cl2FNO/c1-20-14-4-2-3-10(15(14)18)13(19)8-9-5-6-11(16)12(17)7-9/h2-7,13H,8,19H2,1H3. The van der Waals surface area contributed by atoms with Gasteiger partial charge in [0, 0.05) is 11.6 Å². The van der Waals surface area contributed by atoms with Crippen LogP contribution in [0.5, 0.6) is 5.75 Å². The van der Waals surface area contributed by atoms with Gasteiger partial charge in [0.2, 0.25) is 0 Å². The molecule has 2 rings (SSSR count). The molecule has 0 spiro atoms. The van der Waals surface area contributed by atoms with Crippen LogP contribution in [0.15, 0.2) is 36.4 Å². The van der Waals surface area contributed by atoms with Gasteiger partial charge in [-0.3, -0.25) is 0 Å². The molecule has 2 nitrogen and oxygen atoms in total. The zero-order valence-corrected chi connectivity index (χ0v) is 12.4. The van der Waals surface area contributed by atoms with Crippen LogP contribution in [0.4, 0.5) is 4.39 Å². The van der Waals surface area contributed by atoms with Crippen molar-refractivity contribution >= 4 is 23.2 Å². The fourth-order valence-electron chi connectivity index (χ4n) is 2.00. The number of hydrogen-bond donors (Lipinski definition) is 1. The third kappa shape index (κ3) is 3.23. The molecule has 0 aromatic heterocycles. The molecule has 0 amide bonds. The Morgan fingerprint density at radius 1 is 1.20 bits per heavy atom. The lowest BCUT2D eigenvalue weighted by Crippen LogP contribution is -2.15. The van der Waals surface area contributed by atoms with Crippen LogP contribution in [-0.4, -0.2) is 7.11 Å². The molecule has 0 bridgehead atoms. The predicted octanol–water partition coefficient (Wildman–Crippen LogP) is 4.38. The first-order valence-electron chi connectivity index (χ1n) is 6.05. The van der Waals surface area contributed by atoms with E-state index in [1.54, 1.807) is 30.3 Å². The molecule has 0 radical (unpaired) electrons. The molecule has 2 aromatic rings. The smallest absolute Gasteiger partial charge is 0.169 e.